The molecule has 0 aliphatic rings. The maximum absolute atomic E-state index is 5.73. The van der Waals surface area contributed by atoms with Crippen LogP contribution in [0.3, 0.4) is 0 Å². The minimum Gasteiger partial charge on any atom is -0.446 e. The van der Waals surface area contributed by atoms with Gasteiger partial charge in [-0.3, -0.25) is 0 Å². The van der Waals surface area contributed by atoms with Crippen molar-refractivity contribution >= 4 is 28.1 Å². The largest absolute Gasteiger partial charge is 0.446 e. The van der Waals surface area contributed by atoms with E-state index in [1.807, 2.05) is 0 Å². The van der Waals surface area contributed by atoms with Gasteiger partial charge in [0.2, 0.25) is 0 Å². The first-order chi connectivity index (χ1) is 6.06. The Kier molecular flexibility index (Phi) is 8.28. The Morgan fingerprint density at radius 3 is 2.38 bits per heavy atom. The van der Waals surface area contributed by atoms with E-state index in [0.717, 1.165) is 0 Å². The highest BCUT2D eigenvalue weighted by molar-refractivity contribution is 6.73. The van der Waals surface area contributed by atoms with Crippen LogP contribution in [-0.2, 0) is 8.23 Å². The van der Waals surface area contributed by atoms with Crippen LogP contribution < -0.4 is 0 Å². The second kappa shape index (κ2) is 7.93. The van der Waals surface area contributed by atoms with Gasteiger partial charge < -0.3 is 8.23 Å². The fraction of sp³-hybridized carbons (Fsp3) is 1.00. The van der Waals surface area contributed by atoms with Crippen molar-refractivity contribution in [1.29, 1.82) is 0 Å². The Bertz CT molecular complexity index is 114. The smallest absolute Gasteiger partial charge is 0.283 e. The highest BCUT2D eigenvalue weighted by Crippen LogP contribution is 2.01. The lowest BCUT2D eigenvalue weighted by atomic mass is 10.3. The summed E-state index contributed by atoms with van der Waals surface area (Å²) in [5.41, 5.74) is 0. The van der Waals surface area contributed by atoms with E-state index in [-0.39, 0.29) is 9.76 Å². The van der Waals surface area contributed by atoms with E-state index in [9.17, 15) is 0 Å². The van der Waals surface area contributed by atoms with Crippen LogP contribution in [-0.4, -0.2) is 28.1 Å². The molecule has 0 amide bonds. The summed E-state index contributed by atoms with van der Waals surface area (Å²) < 4.78 is 11.4. The minimum absolute atomic E-state index is 0.219. The molecule has 0 bridgehead atoms. The summed E-state index contributed by atoms with van der Waals surface area (Å²) in [5.74, 6) is 0. The van der Waals surface area contributed by atoms with E-state index in [1.165, 1.54) is 25.3 Å². The van der Waals surface area contributed by atoms with Crippen LogP contribution >= 0.6 is 0 Å². The molecule has 0 unspecified atom stereocenters. The second-order valence-corrected chi connectivity index (χ2v) is 12.7. The summed E-state index contributed by atoms with van der Waals surface area (Å²) in [6.45, 7) is 8.91. The number of unbranched alkanes of at least 4 members (excludes halogenated alkanes) is 2. The Hall–Kier alpha value is 0.571. The van der Waals surface area contributed by atoms with Gasteiger partial charge in [0.1, 0.15) is 9.76 Å². The van der Waals surface area contributed by atoms with Crippen molar-refractivity contribution < 1.29 is 8.23 Å². The zero-order valence-corrected chi connectivity index (χ0v) is 13.4. The van der Waals surface area contributed by atoms with E-state index in [4.69, 9.17) is 8.23 Å². The third-order valence-electron chi connectivity index (χ3n) is 1.72. The summed E-state index contributed by atoms with van der Waals surface area (Å²) in [6, 6.07) is 1.34. The van der Waals surface area contributed by atoms with E-state index in [0.29, 0.717) is 0 Å². The van der Waals surface area contributed by atoms with Crippen LogP contribution in [0.1, 0.15) is 26.2 Å². The maximum atomic E-state index is 5.73. The van der Waals surface area contributed by atoms with Crippen LogP contribution in [0, 0.1) is 0 Å². The summed E-state index contributed by atoms with van der Waals surface area (Å²) >= 11 is 0. The topological polar surface area (TPSA) is 18.5 Å². The lowest BCUT2D eigenvalue weighted by molar-refractivity contribution is 0.471. The molecule has 13 heavy (non-hydrogen) atoms. The number of rotatable bonds is 8. The van der Waals surface area contributed by atoms with Gasteiger partial charge in [-0.05, 0) is 25.7 Å². The van der Waals surface area contributed by atoms with Crippen molar-refractivity contribution in [2.75, 3.05) is 0 Å². The zero-order valence-electron chi connectivity index (χ0n) is 9.56. The zero-order chi connectivity index (χ0) is 10.2. The lowest BCUT2D eigenvalue weighted by Gasteiger charge is -2.17. The van der Waals surface area contributed by atoms with Crippen molar-refractivity contribution in [3.8, 4) is 0 Å². The average Bonchev–Trinajstić information content (AvgIpc) is 2.01. The summed E-state index contributed by atoms with van der Waals surface area (Å²) in [7, 11) is -2.10. The highest BCUT2D eigenvalue weighted by Gasteiger charge is 2.12. The predicted molar refractivity (Wildman–Crippen MR) is 66.9 cm³/mol. The predicted octanol–water partition coefficient (Wildman–Crippen LogP) is 1.55. The molecule has 0 spiro atoms. The highest BCUT2D eigenvalue weighted by atomic mass is 28.4. The molecule has 0 atom stereocenters. The second-order valence-electron chi connectivity index (χ2n) is 4.34. The standard InChI is InChI=1S/C8H24O2Si3/c1-5-6-7-8-11-9-12-10-13(2,3)4/h5-8,11-12H2,1-4H3. The number of hydrogen-bond acceptors (Lipinski definition) is 2. The molecule has 0 aromatic heterocycles. The SMILES string of the molecule is CCCCC[SiH2]O[SiH2]O[Si](C)(C)C. The molecule has 0 aliphatic heterocycles. The molecule has 0 aliphatic carbocycles. The molecule has 5 heteroatoms. The van der Waals surface area contributed by atoms with Gasteiger partial charge in [-0.2, -0.15) is 0 Å². The van der Waals surface area contributed by atoms with Crippen LogP contribution in [0.15, 0.2) is 0 Å². The van der Waals surface area contributed by atoms with Crippen molar-refractivity contribution in [1.82, 2.24) is 0 Å². The maximum Gasteiger partial charge on any atom is 0.283 e. The van der Waals surface area contributed by atoms with Crippen molar-refractivity contribution in [3.05, 3.63) is 0 Å². The van der Waals surface area contributed by atoms with Gasteiger partial charge in [0.25, 0.3) is 10.0 Å². The van der Waals surface area contributed by atoms with Crippen LogP contribution in [0.25, 0.3) is 0 Å². The molecule has 0 aromatic carbocycles. The van der Waals surface area contributed by atoms with Gasteiger partial charge in [0.05, 0.1) is 0 Å². The fourth-order valence-electron chi connectivity index (χ4n) is 0.908. The monoisotopic (exact) mass is 236 g/mol. The first-order valence-corrected chi connectivity index (χ1v) is 11.4. The van der Waals surface area contributed by atoms with Crippen molar-refractivity contribution in [2.45, 2.75) is 51.9 Å². The van der Waals surface area contributed by atoms with E-state index >= 15 is 0 Å². The third-order valence-corrected chi connectivity index (χ3v) is 8.26. The Morgan fingerprint density at radius 1 is 1.15 bits per heavy atom. The Morgan fingerprint density at radius 2 is 1.85 bits per heavy atom. The van der Waals surface area contributed by atoms with Gasteiger partial charge in [-0.15, -0.1) is 0 Å². The van der Waals surface area contributed by atoms with Gasteiger partial charge in [-0.25, -0.2) is 0 Å². The molecule has 0 rings (SSSR count). The molecule has 0 fully saturated rings. The molecule has 0 aromatic rings. The number of hydrogen-bond donors (Lipinski definition) is 0. The molecule has 80 valence electrons. The average molecular weight is 237 g/mol. The van der Waals surface area contributed by atoms with E-state index < -0.39 is 18.3 Å². The van der Waals surface area contributed by atoms with E-state index in [1.54, 1.807) is 0 Å². The summed E-state index contributed by atoms with van der Waals surface area (Å²) in [4.78, 5) is 0. The quantitative estimate of drug-likeness (QED) is 0.470. The molecular formula is C8H24O2Si3. The summed E-state index contributed by atoms with van der Waals surface area (Å²) in [5, 5.41) is 0. The molecule has 0 radical (unpaired) electrons. The van der Waals surface area contributed by atoms with Crippen molar-refractivity contribution in [3.63, 3.8) is 0 Å². The molecule has 0 heterocycles. The van der Waals surface area contributed by atoms with E-state index in [2.05, 4.69) is 26.6 Å². The minimum atomic E-state index is -1.27. The van der Waals surface area contributed by atoms with Gasteiger partial charge in [-0.1, -0.05) is 26.2 Å². The Labute approximate surface area is 88.5 Å². The molecule has 2 nitrogen and oxygen atoms in total. The molecule has 0 N–H and O–H groups in total. The third kappa shape index (κ3) is 12.6. The molecule has 0 saturated carbocycles. The summed E-state index contributed by atoms with van der Waals surface area (Å²) in [6.07, 6.45) is 4.05. The molecule has 0 saturated heterocycles. The first kappa shape index (κ1) is 13.6. The fourth-order valence-corrected chi connectivity index (χ4v) is 5.25. The van der Waals surface area contributed by atoms with Crippen molar-refractivity contribution in [2.24, 2.45) is 0 Å². The lowest BCUT2D eigenvalue weighted by Crippen LogP contribution is -2.29. The van der Waals surface area contributed by atoms with Gasteiger partial charge in [0.15, 0.2) is 8.32 Å². The Balaban J connectivity index is 3.00. The normalized spacial score (nSPS) is 13.8. The van der Waals surface area contributed by atoms with Gasteiger partial charge in [0, 0.05) is 0 Å². The first-order valence-electron chi connectivity index (χ1n) is 5.28. The molecular weight excluding hydrogens is 212 g/mol. The van der Waals surface area contributed by atoms with Crippen LogP contribution in [0.5, 0.6) is 0 Å². The van der Waals surface area contributed by atoms with Gasteiger partial charge >= 0.3 is 0 Å². The van der Waals surface area contributed by atoms with Crippen LogP contribution in [0.2, 0.25) is 25.7 Å². The van der Waals surface area contributed by atoms with Crippen LogP contribution in [0.4, 0.5) is 0 Å².